The van der Waals surface area contributed by atoms with E-state index in [0.29, 0.717) is 18.9 Å². The Hall–Kier alpha value is -1.76. The second-order valence-electron chi connectivity index (χ2n) is 7.03. The van der Waals surface area contributed by atoms with Gasteiger partial charge in [-0.3, -0.25) is 9.59 Å². The van der Waals surface area contributed by atoms with Crippen LogP contribution in [0.4, 0.5) is 0 Å². The first-order valence-electron chi connectivity index (χ1n) is 9.53. The van der Waals surface area contributed by atoms with E-state index in [1.165, 1.54) is 12.8 Å². The molecule has 0 spiro atoms. The third kappa shape index (κ3) is 8.08. The van der Waals surface area contributed by atoms with Crippen molar-refractivity contribution in [1.82, 2.24) is 5.32 Å². The zero-order valence-electron chi connectivity index (χ0n) is 16.1. The van der Waals surface area contributed by atoms with Gasteiger partial charge >= 0.3 is 5.97 Å². The Kier molecular flexibility index (Phi) is 10.1. The highest BCUT2D eigenvalue weighted by Gasteiger charge is 2.30. The summed E-state index contributed by atoms with van der Waals surface area (Å²) in [7, 11) is 0. The van der Waals surface area contributed by atoms with Crippen molar-refractivity contribution >= 4 is 23.9 Å². The summed E-state index contributed by atoms with van der Waals surface area (Å²) in [4.78, 5) is 36.3. The van der Waals surface area contributed by atoms with Crippen LogP contribution in [0.5, 0.6) is 0 Å². The second kappa shape index (κ2) is 11.8. The van der Waals surface area contributed by atoms with Crippen LogP contribution >= 0.6 is 0 Å². The highest BCUT2D eigenvalue weighted by atomic mass is 16.5. The molecule has 7 heteroatoms. The van der Waals surface area contributed by atoms with Crippen LogP contribution in [0.25, 0.3) is 0 Å². The molecule has 0 aliphatic heterocycles. The molecule has 1 saturated carbocycles. The predicted molar refractivity (Wildman–Crippen MR) is 98.2 cm³/mol. The first-order chi connectivity index (χ1) is 12.4. The molecule has 0 saturated heterocycles. The summed E-state index contributed by atoms with van der Waals surface area (Å²) in [6, 6.07) is -0.916. The molecule has 0 radical (unpaired) electrons. The normalized spacial score (nSPS) is 16.9. The van der Waals surface area contributed by atoms with Crippen LogP contribution in [-0.4, -0.2) is 48.7 Å². The number of nitrogens with one attached hydrogen (secondary N) is 2. The van der Waals surface area contributed by atoms with E-state index in [9.17, 15) is 14.4 Å². The number of carbonyl (C=O) groups excluding carboxylic acids is 3. The van der Waals surface area contributed by atoms with Crippen molar-refractivity contribution < 1.29 is 23.9 Å². The number of hydrogen-bond donors (Lipinski definition) is 2. The van der Waals surface area contributed by atoms with Gasteiger partial charge in [-0.05, 0) is 39.5 Å². The molecule has 26 heavy (non-hydrogen) atoms. The average molecular weight is 368 g/mol. The van der Waals surface area contributed by atoms with Crippen LogP contribution in [0.2, 0.25) is 0 Å². The first-order valence-corrected chi connectivity index (χ1v) is 9.53. The van der Waals surface area contributed by atoms with E-state index in [2.05, 4.69) is 5.32 Å². The predicted octanol–water partition coefficient (Wildman–Crippen LogP) is 2.41. The molecule has 0 aromatic heterocycles. The number of rotatable bonds is 12. The van der Waals surface area contributed by atoms with Gasteiger partial charge in [0.05, 0.1) is 12.3 Å². The maximum atomic E-state index is 12.7. The zero-order chi connectivity index (χ0) is 19.5. The van der Waals surface area contributed by atoms with Gasteiger partial charge in [-0.2, -0.15) is 0 Å². The Labute approximate surface area is 155 Å². The Morgan fingerprint density at radius 2 is 1.88 bits per heavy atom. The molecule has 1 aliphatic carbocycles. The highest BCUT2D eigenvalue weighted by molar-refractivity contribution is 6.26. The van der Waals surface area contributed by atoms with Gasteiger partial charge in [0.25, 0.3) is 0 Å². The molecule has 1 fully saturated rings. The van der Waals surface area contributed by atoms with Gasteiger partial charge in [0, 0.05) is 13.0 Å². The van der Waals surface area contributed by atoms with Crippen LogP contribution in [0.3, 0.4) is 0 Å². The lowest BCUT2D eigenvalue weighted by Crippen LogP contribution is -2.48. The Morgan fingerprint density at radius 3 is 2.42 bits per heavy atom. The molecule has 1 aliphatic rings. The molecule has 0 aromatic rings. The monoisotopic (exact) mass is 368 g/mol. The maximum absolute atomic E-state index is 12.7. The fourth-order valence-corrected chi connectivity index (χ4v) is 3.19. The molecule has 1 amide bonds. The minimum atomic E-state index is -0.916. The largest absolute Gasteiger partial charge is 0.461 e. The quantitative estimate of drug-likeness (QED) is 0.406. The zero-order valence-corrected chi connectivity index (χ0v) is 16.1. The van der Waals surface area contributed by atoms with Crippen molar-refractivity contribution in [3.63, 3.8) is 0 Å². The van der Waals surface area contributed by atoms with Gasteiger partial charge in [0.1, 0.15) is 12.1 Å². The molecule has 2 atom stereocenters. The third-order valence-corrected chi connectivity index (χ3v) is 4.48. The van der Waals surface area contributed by atoms with Gasteiger partial charge < -0.3 is 20.2 Å². The topological polar surface area (TPSA) is 106 Å². The van der Waals surface area contributed by atoms with E-state index in [-0.39, 0.29) is 24.9 Å². The highest BCUT2D eigenvalue weighted by Crippen LogP contribution is 2.29. The van der Waals surface area contributed by atoms with E-state index in [4.69, 9.17) is 14.9 Å². The number of ketones is 1. The first kappa shape index (κ1) is 22.3. The van der Waals surface area contributed by atoms with Crippen molar-refractivity contribution in [2.24, 2.45) is 5.92 Å². The number of Topliss-reactive ketones (excluding diaryl/α,β-unsaturated/α-hetero) is 1. The van der Waals surface area contributed by atoms with Gasteiger partial charge in [-0.1, -0.05) is 25.7 Å². The lowest BCUT2D eigenvalue weighted by molar-refractivity contribution is -0.153. The van der Waals surface area contributed by atoms with Crippen molar-refractivity contribution in [1.29, 1.82) is 5.41 Å². The molecule has 2 N–H and O–H groups in total. The van der Waals surface area contributed by atoms with Crippen molar-refractivity contribution in [2.45, 2.75) is 84.0 Å². The molecule has 0 bridgehead atoms. The van der Waals surface area contributed by atoms with Crippen molar-refractivity contribution in [3.05, 3.63) is 0 Å². The van der Waals surface area contributed by atoms with Crippen LogP contribution in [0.15, 0.2) is 0 Å². The number of esters is 1. The minimum absolute atomic E-state index is 0.00354. The van der Waals surface area contributed by atoms with Crippen molar-refractivity contribution in [2.75, 3.05) is 6.61 Å². The fourth-order valence-electron chi connectivity index (χ4n) is 3.19. The van der Waals surface area contributed by atoms with E-state index < -0.39 is 23.9 Å². The molecule has 0 heterocycles. The van der Waals surface area contributed by atoms with Gasteiger partial charge in [-0.15, -0.1) is 0 Å². The average Bonchev–Trinajstić information content (AvgIpc) is 3.10. The summed E-state index contributed by atoms with van der Waals surface area (Å²) in [6.45, 7) is 5.70. The Balaban J connectivity index is 2.72. The molecule has 1 rings (SSSR count). The summed E-state index contributed by atoms with van der Waals surface area (Å²) in [5.41, 5.74) is 0. The number of hydrogen-bond acceptors (Lipinski definition) is 6. The lowest BCUT2D eigenvalue weighted by Gasteiger charge is -2.24. The van der Waals surface area contributed by atoms with Gasteiger partial charge in [-0.25, -0.2) is 4.79 Å². The Morgan fingerprint density at radius 1 is 1.23 bits per heavy atom. The molecule has 7 nitrogen and oxygen atoms in total. The van der Waals surface area contributed by atoms with E-state index in [0.717, 1.165) is 19.1 Å². The summed E-state index contributed by atoms with van der Waals surface area (Å²) in [6.07, 6.45) is 5.11. The molecule has 0 aromatic carbocycles. The second-order valence-corrected chi connectivity index (χ2v) is 7.03. The van der Waals surface area contributed by atoms with Gasteiger partial charge in [0.2, 0.25) is 5.91 Å². The summed E-state index contributed by atoms with van der Waals surface area (Å²) < 4.78 is 10.8. The molecular formula is C19H32N2O5. The van der Waals surface area contributed by atoms with E-state index in [1.54, 1.807) is 13.8 Å². The summed E-state index contributed by atoms with van der Waals surface area (Å²) >= 11 is 0. The SMILES string of the molecule is CCO[C@@H](CC1CCCC1)C(=O)N[C@@H](CCC(=O)C=N)C(=O)OC(C)C. The fraction of sp³-hybridized carbons (Fsp3) is 0.789. The van der Waals surface area contributed by atoms with Crippen LogP contribution in [-0.2, 0) is 23.9 Å². The Bertz CT molecular complexity index is 486. The standard InChI is InChI=1S/C19H32N2O5/c1-4-25-17(11-14-7-5-6-8-14)18(23)21-16(10-9-15(22)12-20)19(24)26-13(2)3/h12-14,16-17,20H,4-11H2,1-3H3,(H,21,23)/t16-,17-/m0/s1. The van der Waals surface area contributed by atoms with Crippen LogP contribution in [0.1, 0.15) is 65.7 Å². The molecular weight excluding hydrogens is 336 g/mol. The lowest BCUT2D eigenvalue weighted by atomic mass is 9.99. The third-order valence-electron chi connectivity index (χ3n) is 4.48. The molecule has 0 unspecified atom stereocenters. The minimum Gasteiger partial charge on any atom is -0.461 e. The molecule has 148 valence electrons. The number of ether oxygens (including phenoxy) is 2. The maximum Gasteiger partial charge on any atom is 0.328 e. The van der Waals surface area contributed by atoms with Gasteiger partial charge in [0.15, 0.2) is 5.78 Å². The van der Waals surface area contributed by atoms with Crippen molar-refractivity contribution in [3.8, 4) is 0 Å². The summed E-state index contributed by atoms with van der Waals surface area (Å²) in [5, 5.41) is 9.66. The van der Waals surface area contributed by atoms with Crippen LogP contribution in [0, 0.1) is 11.3 Å². The number of carbonyl (C=O) groups is 3. The number of amides is 1. The smallest absolute Gasteiger partial charge is 0.328 e. The van der Waals surface area contributed by atoms with Crippen LogP contribution < -0.4 is 5.32 Å². The van der Waals surface area contributed by atoms with E-state index in [1.807, 2.05) is 6.92 Å². The summed E-state index contributed by atoms with van der Waals surface area (Å²) in [5.74, 6) is -0.833. The van der Waals surface area contributed by atoms with E-state index >= 15 is 0 Å².